The lowest BCUT2D eigenvalue weighted by Gasteiger charge is -2.17. The average Bonchev–Trinajstić information content (AvgIpc) is 2.90. The molecule has 104 valence electrons. The minimum Gasteiger partial charge on any atom is -0.393 e. The lowest BCUT2D eigenvalue weighted by molar-refractivity contribution is -0.387. The van der Waals surface area contributed by atoms with Gasteiger partial charge in [-0.3, -0.25) is 10.1 Å². The van der Waals surface area contributed by atoms with E-state index in [-0.39, 0.29) is 0 Å². The van der Waals surface area contributed by atoms with Gasteiger partial charge < -0.3 is 5.11 Å². The number of hydrogen-bond donors (Lipinski definition) is 1. The van der Waals surface area contributed by atoms with Gasteiger partial charge in [-0.1, -0.05) is 25.0 Å². The Kier molecular flexibility index (Phi) is 4.47. The molecule has 5 heteroatoms. The molecule has 0 radical (unpaired) electrons. The van der Waals surface area contributed by atoms with Crippen molar-refractivity contribution in [3.8, 4) is 0 Å². The number of halogens is 1. The lowest BCUT2D eigenvalue weighted by atomic mass is 9.95. The molecule has 1 atom stereocenters. The molecule has 4 nitrogen and oxygen atoms in total. The van der Waals surface area contributed by atoms with Crippen molar-refractivity contribution < 1.29 is 14.4 Å². The van der Waals surface area contributed by atoms with Gasteiger partial charge in [-0.2, -0.15) is 4.39 Å². The second kappa shape index (κ2) is 6.10. The van der Waals surface area contributed by atoms with E-state index >= 15 is 0 Å². The number of nitro benzene ring substituents is 1. The molecule has 1 aromatic carbocycles. The number of aliphatic hydroxyl groups excluding tert-OH is 1. The van der Waals surface area contributed by atoms with E-state index in [2.05, 4.69) is 0 Å². The molecule has 0 aromatic heterocycles. The molecule has 1 N–H and O–H groups in total. The van der Waals surface area contributed by atoms with Crippen molar-refractivity contribution in [2.75, 3.05) is 0 Å². The average molecular weight is 267 g/mol. The van der Waals surface area contributed by atoms with Crippen LogP contribution in [0, 0.1) is 21.8 Å². The van der Waals surface area contributed by atoms with E-state index in [0.717, 1.165) is 31.7 Å². The van der Waals surface area contributed by atoms with Gasteiger partial charge in [0.15, 0.2) is 0 Å². The monoisotopic (exact) mass is 267 g/mol. The zero-order valence-corrected chi connectivity index (χ0v) is 10.7. The third-order valence-corrected chi connectivity index (χ3v) is 3.91. The largest absolute Gasteiger partial charge is 0.393 e. The number of aliphatic hydroxyl groups is 1. The van der Waals surface area contributed by atoms with Gasteiger partial charge in [0.1, 0.15) is 0 Å². The summed E-state index contributed by atoms with van der Waals surface area (Å²) in [6.45, 7) is 0. The maximum absolute atomic E-state index is 13.8. The molecule has 0 bridgehead atoms. The lowest BCUT2D eigenvalue weighted by Crippen LogP contribution is -2.18. The van der Waals surface area contributed by atoms with Crippen molar-refractivity contribution in [3.63, 3.8) is 0 Å². The molecule has 19 heavy (non-hydrogen) atoms. The Balaban J connectivity index is 1.99. The normalized spacial score (nSPS) is 17.6. The SMILES string of the molecule is O=[N+]([O-])c1cccc(CCC(O)C2CCCC2)c1F. The van der Waals surface area contributed by atoms with Gasteiger partial charge in [0.2, 0.25) is 5.82 Å². The second-order valence-electron chi connectivity index (χ2n) is 5.16. The summed E-state index contributed by atoms with van der Waals surface area (Å²) in [5.41, 5.74) is -0.181. The predicted molar refractivity (Wildman–Crippen MR) is 69.3 cm³/mol. The Hall–Kier alpha value is -1.49. The van der Waals surface area contributed by atoms with Crippen molar-refractivity contribution in [1.82, 2.24) is 0 Å². The minimum atomic E-state index is -0.772. The zero-order valence-electron chi connectivity index (χ0n) is 10.7. The first-order valence-corrected chi connectivity index (χ1v) is 6.69. The van der Waals surface area contributed by atoms with Crippen LogP contribution in [-0.4, -0.2) is 16.1 Å². The van der Waals surface area contributed by atoms with E-state index < -0.39 is 22.5 Å². The van der Waals surface area contributed by atoms with Crippen LogP contribution in [0.4, 0.5) is 10.1 Å². The molecule has 0 aliphatic heterocycles. The summed E-state index contributed by atoms with van der Waals surface area (Å²) in [6.07, 6.45) is 4.71. The molecule has 1 aromatic rings. The Labute approximate surface area is 111 Å². The van der Waals surface area contributed by atoms with Crippen LogP contribution in [0.3, 0.4) is 0 Å². The minimum absolute atomic E-state index is 0.307. The molecule has 1 aliphatic rings. The molecule has 2 rings (SSSR count). The summed E-state index contributed by atoms with van der Waals surface area (Å²) in [4.78, 5) is 9.92. The van der Waals surface area contributed by atoms with Crippen molar-refractivity contribution in [2.45, 2.75) is 44.6 Å². The van der Waals surface area contributed by atoms with Crippen molar-refractivity contribution in [1.29, 1.82) is 0 Å². The first kappa shape index (κ1) is 13.9. The first-order chi connectivity index (χ1) is 9.09. The van der Waals surface area contributed by atoms with Crippen LogP contribution in [-0.2, 0) is 6.42 Å². The van der Waals surface area contributed by atoms with E-state index in [0.29, 0.717) is 24.3 Å². The fraction of sp³-hybridized carbons (Fsp3) is 0.571. The highest BCUT2D eigenvalue weighted by Crippen LogP contribution is 2.30. The van der Waals surface area contributed by atoms with Crippen LogP contribution in [0.15, 0.2) is 18.2 Å². The Morgan fingerprint density at radius 3 is 2.74 bits per heavy atom. The highest BCUT2D eigenvalue weighted by Gasteiger charge is 2.24. The van der Waals surface area contributed by atoms with Gasteiger partial charge in [-0.05, 0) is 37.2 Å². The molecule has 1 saturated carbocycles. The number of hydrogen-bond acceptors (Lipinski definition) is 3. The second-order valence-corrected chi connectivity index (χ2v) is 5.16. The van der Waals surface area contributed by atoms with Crippen LogP contribution in [0.1, 0.15) is 37.7 Å². The summed E-state index contributed by atoms with van der Waals surface area (Å²) < 4.78 is 13.8. The van der Waals surface area contributed by atoms with Crippen LogP contribution in [0.25, 0.3) is 0 Å². The number of rotatable bonds is 5. The summed E-state index contributed by atoms with van der Waals surface area (Å²) in [6, 6.07) is 4.19. The fourth-order valence-electron chi connectivity index (χ4n) is 2.78. The van der Waals surface area contributed by atoms with E-state index in [4.69, 9.17) is 0 Å². The van der Waals surface area contributed by atoms with E-state index in [9.17, 15) is 19.6 Å². The van der Waals surface area contributed by atoms with Gasteiger partial charge in [0.05, 0.1) is 11.0 Å². The van der Waals surface area contributed by atoms with E-state index in [1.165, 1.54) is 6.07 Å². The zero-order chi connectivity index (χ0) is 13.8. The van der Waals surface area contributed by atoms with E-state index in [1.54, 1.807) is 6.07 Å². The van der Waals surface area contributed by atoms with Crippen LogP contribution in [0.5, 0.6) is 0 Å². The molecule has 0 spiro atoms. The van der Waals surface area contributed by atoms with Gasteiger partial charge in [-0.15, -0.1) is 0 Å². The van der Waals surface area contributed by atoms with E-state index in [1.807, 2.05) is 0 Å². The predicted octanol–water partition coefficient (Wildman–Crippen LogP) is 3.22. The highest BCUT2D eigenvalue weighted by molar-refractivity contribution is 5.36. The molecular weight excluding hydrogens is 249 g/mol. The third kappa shape index (κ3) is 3.29. The van der Waals surface area contributed by atoms with Crippen LogP contribution >= 0.6 is 0 Å². The Bertz CT molecular complexity index is 458. The fourth-order valence-corrected chi connectivity index (χ4v) is 2.78. The van der Waals surface area contributed by atoms with Crippen LogP contribution in [0.2, 0.25) is 0 Å². The third-order valence-electron chi connectivity index (χ3n) is 3.91. The summed E-state index contributed by atoms with van der Waals surface area (Å²) >= 11 is 0. The standard InChI is InChI=1S/C14H18FNO3/c15-14-11(6-3-7-12(14)16(18)19)8-9-13(17)10-4-1-2-5-10/h3,6-7,10,13,17H,1-2,4-5,8-9H2. The Morgan fingerprint density at radius 1 is 1.42 bits per heavy atom. The molecule has 1 unspecified atom stereocenters. The number of nitrogens with zero attached hydrogens (tertiary/aromatic N) is 1. The van der Waals surface area contributed by atoms with Crippen LogP contribution < -0.4 is 0 Å². The van der Waals surface area contributed by atoms with Crippen molar-refractivity contribution >= 4 is 5.69 Å². The maximum Gasteiger partial charge on any atom is 0.305 e. The Morgan fingerprint density at radius 2 is 2.11 bits per heavy atom. The van der Waals surface area contributed by atoms with Gasteiger partial charge in [0.25, 0.3) is 0 Å². The number of nitro groups is 1. The molecule has 0 amide bonds. The molecule has 1 fully saturated rings. The van der Waals surface area contributed by atoms with Gasteiger partial charge in [0, 0.05) is 6.07 Å². The van der Waals surface area contributed by atoms with Crippen molar-refractivity contribution in [2.24, 2.45) is 5.92 Å². The number of aryl methyl sites for hydroxylation is 1. The molecule has 1 aliphatic carbocycles. The number of benzene rings is 1. The first-order valence-electron chi connectivity index (χ1n) is 6.69. The summed E-state index contributed by atoms with van der Waals surface area (Å²) in [7, 11) is 0. The highest BCUT2D eigenvalue weighted by atomic mass is 19.1. The summed E-state index contributed by atoms with van der Waals surface area (Å²) in [5.74, 6) is -0.465. The molecule has 0 heterocycles. The molecule has 0 saturated heterocycles. The summed E-state index contributed by atoms with van der Waals surface area (Å²) in [5, 5.41) is 20.7. The smallest absolute Gasteiger partial charge is 0.305 e. The topological polar surface area (TPSA) is 63.4 Å². The van der Waals surface area contributed by atoms with Gasteiger partial charge in [-0.25, -0.2) is 0 Å². The van der Waals surface area contributed by atoms with Gasteiger partial charge >= 0.3 is 5.69 Å². The molecular formula is C14H18FNO3. The quantitative estimate of drug-likeness (QED) is 0.658. The maximum atomic E-state index is 13.8. The van der Waals surface area contributed by atoms with Crippen molar-refractivity contribution in [3.05, 3.63) is 39.7 Å².